The van der Waals surface area contributed by atoms with Crippen LogP contribution in [0.4, 0.5) is 15.2 Å². The summed E-state index contributed by atoms with van der Waals surface area (Å²) in [6.45, 7) is 2.26. The molecular formula is C22H23FN4OS. The molecule has 4 rings (SSSR count). The molecule has 1 aliphatic heterocycles. The number of nitrogens with two attached hydrogens (primary N) is 1. The molecule has 1 atom stereocenters. The van der Waals surface area contributed by atoms with Crippen LogP contribution in [-0.2, 0) is 11.3 Å². The van der Waals surface area contributed by atoms with Crippen molar-refractivity contribution >= 4 is 28.1 Å². The van der Waals surface area contributed by atoms with E-state index in [2.05, 4.69) is 39.5 Å². The minimum atomic E-state index is -0.267. The van der Waals surface area contributed by atoms with Crippen LogP contribution in [0.2, 0.25) is 0 Å². The Hall–Kier alpha value is -2.93. The third kappa shape index (κ3) is 4.56. The highest BCUT2D eigenvalue weighted by atomic mass is 32.1. The van der Waals surface area contributed by atoms with Crippen LogP contribution in [0.25, 0.3) is 11.3 Å². The van der Waals surface area contributed by atoms with Gasteiger partial charge in [-0.1, -0.05) is 24.3 Å². The molecule has 1 aromatic heterocycles. The van der Waals surface area contributed by atoms with Crippen molar-refractivity contribution in [3.8, 4) is 11.3 Å². The van der Waals surface area contributed by atoms with E-state index >= 15 is 0 Å². The van der Waals surface area contributed by atoms with E-state index in [-0.39, 0.29) is 17.6 Å². The summed E-state index contributed by atoms with van der Waals surface area (Å²) in [6.07, 6.45) is 1.85. The van der Waals surface area contributed by atoms with Gasteiger partial charge in [0, 0.05) is 36.3 Å². The Morgan fingerprint density at radius 3 is 2.79 bits per heavy atom. The van der Waals surface area contributed by atoms with E-state index in [1.54, 1.807) is 18.2 Å². The molecule has 29 heavy (non-hydrogen) atoms. The molecule has 5 nitrogen and oxygen atoms in total. The van der Waals surface area contributed by atoms with Gasteiger partial charge in [0.15, 0.2) is 5.13 Å². The van der Waals surface area contributed by atoms with Crippen molar-refractivity contribution in [1.82, 2.24) is 4.98 Å². The number of benzene rings is 2. The largest absolute Gasteiger partial charge is 0.371 e. The first kappa shape index (κ1) is 19.4. The second-order valence-electron chi connectivity index (χ2n) is 7.23. The molecule has 0 bridgehead atoms. The van der Waals surface area contributed by atoms with Gasteiger partial charge in [0.1, 0.15) is 5.82 Å². The predicted molar refractivity (Wildman–Crippen MR) is 115 cm³/mol. The minimum absolute atomic E-state index is 0.0707. The molecule has 1 saturated heterocycles. The summed E-state index contributed by atoms with van der Waals surface area (Å²) < 4.78 is 13.9. The SMILES string of the molecule is NC(=O)C1CCCN(c2ccc(CNc3nc(-c4ccccc4F)cs3)cc2)C1. The van der Waals surface area contributed by atoms with Crippen LogP contribution in [-0.4, -0.2) is 24.0 Å². The van der Waals surface area contributed by atoms with Crippen LogP contribution >= 0.6 is 11.3 Å². The predicted octanol–water partition coefficient (Wildman–Crippen LogP) is 4.26. The van der Waals surface area contributed by atoms with Crippen LogP contribution in [0.3, 0.4) is 0 Å². The first-order valence-corrected chi connectivity index (χ1v) is 10.6. The normalized spacial score (nSPS) is 16.6. The Bertz CT molecular complexity index is 988. The van der Waals surface area contributed by atoms with E-state index in [4.69, 9.17) is 5.73 Å². The van der Waals surface area contributed by atoms with Crippen LogP contribution in [0.1, 0.15) is 18.4 Å². The van der Waals surface area contributed by atoms with Crippen molar-refractivity contribution in [3.63, 3.8) is 0 Å². The van der Waals surface area contributed by atoms with Gasteiger partial charge in [0.2, 0.25) is 5.91 Å². The summed E-state index contributed by atoms with van der Waals surface area (Å²) in [6, 6.07) is 14.9. The first-order valence-electron chi connectivity index (χ1n) is 9.67. The third-order valence-corrected chi connectivity index (χ3v) is 6.02. The molecule has 1 fully saturated rings. The number of piperidine rings is 1. The Morgan fingerprint density at radius 1 is 1.24 bits per heavy atom. The maximum absolute atomic E-state index is 13.9. The Balaban J connectivity index is 1.36. The second kappa shape index (κ2) is 8.61. The lowest BCUT2D eigenvalue weighted by Crippen LogP contribution is -2.41. The zero-order valence-corrected chi connectivity index (χ0v) is 16.8. The monoisotopic (exact) mass is 410 g/mol. The highest BCUT2D eigenvalue weighted by Gasteiger charge is 2.24. The number of carbonyl (C=O) groups excluding carboxylic acids is 1. The third-order valence-electron chi connectivity index (χ3n) is 5.22. The van der Waals surface area contributed by atoms with Gasteiger partial charge in [0.05, 0.1) is 11.6 Å². The molecule has 3 N–H and O–H groups in total. The van der Waals surface area contributed by atoms with Crippen LogP contribution in [0, 0.1) is 11.7 Å². The van der Waals surface area contributed by atoms with Crippen molar-refractivity contribution in [2.75, 3.05) is 23.3 Å². The summed E-state index contributed by atoms with van der Waals surface area (Å²) in [7, 11) is 0. The molecule has 2 aromatic carbocycles. The Kier molecular flexibility index (Phi) is 5.76. The highest BCUT2D eigenvalue weighted by Crippen LogP contribution is 2.27. The molecular weight excluding hydrogens is 387 g/mol. The fraction of sp³-hybridized carbons (Fsp3) is 0.273. The summed E-state index contributed by atoms with van der Waals surface area (Å²) >= 11 is 1.46. The number of thiazole rings is 1. The van der Waals surface area contributed by atoms with Gasteiger partial charge in [-0.3, -0.25) is 4.79 Å². The number of carbonyl (C=O) groups is 1. The standard InChI is InChI=1S/C22H23FN4OS/c23-19-6-2-1-5-18(19)20-14-29-22(26-20)25-12-15-7-9-17(10-8-15)27-11-3-4-16(13-27)21(24)28/h1-2,5-10,14,16H,3-4,11-13H2,(H2,24,28)(H,25,26). The maximum Gasteiger partial charge on any atom is 0.222 e. The van der Waals surface area contributed by atoms with E-state index in [0.29, 0.717) is 24.3 Å². The smallest absolute Gasteiger partial charge is 0.222 e. The van der Waals surface area contributed by atoms with Gasteiger partial charge in [-0.15, -0.1) is 11.3 Å². The van der Waals surface area contributed by atoms with Gasteiger partial charge < -0.3 is 16.0 Å². The summed E-state index contributed by atoms with van der Waals surface area (Å²) in [5.74, 6) is -0.552. The van der Waals surface area contributed by atoms with Gasteiger partial charge in [-0.25, -0.2) is 9.37 Å². The number of anilines is 2. The topological polar surface area (TPSA) is 71.2 Å². The number of amides is 1. The molecule has 1 aliphatic rings. The maximum atomic E-state index is 13.9. The van der Waals surface area contributed by atoms with E-state index in [1.807, 2.05) is 5.38 Å². The number of hydrogen-bond acceptors (Lipinski definition) is 5. The van der Waals surface area contributed by atoms with E-state index in [9.17, 15) is 9.18 Å². The van der Waals surface area contributed by atoms with Gasteiger partial charge in [0.25, 0.3) is 0 Å². The number of hydrogen-bond donors (Lipinski definition) is 2. The fourth-order valence-electron chi connectivity index (χ4n) is 3.59. The van der Waals surface area contributed by atoms with Gasteiger partial charge >= 0.3 is 0 Å². The van der Waals surface area contributed by atoms with Gasteiger partial charge in [-0.05, 0) is 42.7 Å². The number of nitrogens with one attached hydrogen (secondary N) is 1. The quantitative estimate of drug-likeness (QED) is 0.637. The molecule has 1 amide bonds. The van der Waals surface area contributed by atoms with Crippen molar-refractivity contribution in [2.45, 2.75) is 19.4 Å². The molecule has 2 heterocycles. The number of aromatic nitrogens is 1. The number of nitrogens with zero attached hydrogens (tertiary/aromatic N) is 2. The van der Waals surface area contributed by atoms with Crippen molar-refractivity contribution in [1.29, 1.82) is 0 Å². The zero-order chi connectivity index (χ0) is 20.2. The van der Waals surface area contributed by atoms with Crippen molar-refractivity contribution < 1.29 is 9.18 Å². The fourth-order valence-corrected chi connectivity index (χ4v) is 4.30. The van der Waals surface area contributed by atoms with Crippen molar-refractivity contribution in [2.24, 2.45) is 11.7 Å². The van der Waals surface area contributed by atoms with E-state index < -0.39 is 0 Å². The summed E-state index contributed by atoms with van der Waals surface area (Å²) in [4.78, 5) is 18.2. The van der Waals surface area contributed by atoms with Gasteiger partial charge in [-0.2, -0.15) is 0 Å². The number of primary amides is 1. The molecule has 7 heteroatoms. The molecule has 0 spiro atoms. The Labute approximate surface area is 173 Å². The average Bonchev–Trinajstić information content (AvgIpc) is 3.22. The Morgan fingerprint density at radius 2 is 2.03 bits per heavy atom. The summed E-state index contributed by atoms with van der Waals surface area (Å²) in [5.41, 5.74) is 8.86. The molecule has 150 valence electrons. The molecule has 1 unspecified atom stereocenters. The van der Waals surface area contributed by atoms with Crippen LogP contribution < -0.4 is 16.0 Å². The molecule has 0 radical (unpaired) electrons. The molecule has 3 aromatic rings. The first-order chi connectivity index (χ1) is 14.1. The molecule has 0 aliphatic carbocycles. The average molecular weight is 411 g/mol. The minimum Gasteiger partial charge on any atom is -0.371 e. The number of halogens is 1. The van der Waals surface area contributed by atoms with E-state index in [1.165, 1.54) is 17.4 Å². The highest BCUT2D eigenvalue weighted by molar-refractivity contribution is 7.14. The zero-order valence-electron chi connectivity index (χ0n) is 16.0. The van der Waals surface area contributed by atoms with Crippen LogP contribution in [0.5, 0.6) is 0 Å². The lowest BCUT2D eigenvalue weighted by Gasteiger charge is -2.33. The lowest BCUT2D eigenvalue weighted by atomic mass is 9.97. The van der Waals surface area contributed by atoms with Crippen molar-refractivity contribution in [3.05, 3.63) is 65.3 Å². The summed E-state index contributed by atoms with van der Waals surface area (Å²) in [5, 5.41) is 5.92. The molecule has 0 saturated carbocycles. The lowest BCUT2D eigenvalue weighted by molar-refractivity contribution is -0.122. The van der Waals surface area contributed by atoms with E-state index in [0.717, 1.165) is 35.8 Å². The van der Waals surface area contributed by atoms with Crippen LogP contribution in [0.15, 0.2) is 53.9 Å². The second-order valence-corrected chi connectivity index (χ2v) is 8.08. The number of rotatable bonds is 6.